The van der Waals surface area contributed by atoms with Gasteiger partial charge in [0.1, 0.15) is 5.84 Å². The van der Waals surface area contributed by atoms with E-state index in [4.69, 9.17) is 16.2 Å². The summed E-state index contributed by atoms with van der Waals surface area (Å²) in [4.78, 5) is 36.4. The highest BCUT2D eigenvalue weighted by Crippen LogP contribution is 2.27. The van der Waals surface area contributed by atoms with Crippen molar-refractivity contribution in [2.75, 3.05) is 11.4 Å². The van der Waals surface area contributed by atoms with Crippen molar-refractivity contribution < 1.29 is 19.5 Å². The summed E-state index contributed by atoms with van der Waals surface area (Å²) in [6, 6.07) is 6.85. The number of nitrogens with one attached hydrogen (secondary N) is 2. The normalized spacial score (nSPS) is 16.8. The fourth-order valence-corrected chi connectivity index (χ4v) is 2.73. The van der Waals surface area contributed by atoms with Gasteiger partial charge in [0.05, 0.1) is 0 Å². The molecular formula is C18H22N4O4. The van der Waals surface area contributed by atoms with Crippen LogP contribution in [0.3, 0.4) is 0 Å². The van der Waals surface area contributed by atoms with Crippen LogP contribution in [-0.4, -0.2) is 35.3 Å². The van der Waals surface area contributed by atoms with E-state index in [9.17, 15) is 14.4 Å². The van der Waals surface area contributed by atoms with Gasteiger partial charge in [-0.3, -0.25) is 19.8 Å². The molecule has 5 N–H and O–H groups in total. The lowest BCUT2D eigenvalue weighted by molar-refractivity contribution is -0.136. The number of allylic oxidation sites excluding steroid dienone is 1. The summed E-state index contributed by atoms with van der Waals surface area (Å²) in [5, 5.41) is 18.5. The third kappa shape index (κ3) is 5.17. The highest BCUT2D eigenvalue weighted by atomic mass is 16.4. The number of carbonyl (C=O) groups is 3. The van der Waals surface area contributed by atoms with Gasteiger partial charge in [0.25, 0.3) is 0 Å². The van der Waals surface area contributed by atoms with Gasteiger partial charge in [-0.15, -0.1) is 0 Å². The Balaban J connectivity index is 1.85. The van der Waals surface area contributed by atoms with Gasteiger partial charge in [0.15, 0.2) is 0 Å². The Hall–Kier alpha value is -3.16. The monoisotopic (exact) mass is 358 g/mol. The number of aliphatic carboxylic acids is 1. The van der Waals surface area contributed by atoms with Crippen molar-refractivity contribution in [3.8, 4) is 0 Å². The molecule has 0 aliphatic carbocycles. The number of hydrogen-bond acceptors (Lipinski definition) is 4. The van der Waals surface area contributed by atoms with E-state index in [2.05, 4.69) is 5.32 Å². The molecule has 1 aromatic rings. The van der Waals surface area contributed by atoms with Crippen LogP contribution in [0.25, 0.3) is 0 Å². The molecule has 138 valence electrons. The molecule has 0 aromatic heterocycles. The number of carboxylic acid groups (broad SMARTS) is 1. The van der Waals surface area contributed by atoms with Crippen LogP contribution >= 0.6 is 0 Å². The predicted octanol–water partition coefficient (Wildman–Crippen LogP) is 1.21. The Bertz CT molecular complexity index is 727. The zero-order valence-electron chi connectivity index (χ0n) is 14.3. The summed E-state index contributed by atoms with van der Waals surface area (Å²) in [7, 11) is 0. The molecule has 1 aliphatic rings. The fourth-order valence-electron chi connectivity index (χ4n) is 2.73. The molecule has 2 rings (SSSR count). The number of amides is 2. The van der Waals surface area contributed by atoms with Crippen LogP contribution in [0.15, 0.2) is 36.5 Å². The summed E-state index contributed by atoms with van der Waals surface area (Å²) in [6.07, 6.45) is 4.01. The molecule has 0 radical (unpaired) electrons. The van der Waals surface area contributed by atoms with Crippen LogP contribution in [0.5, 0.6) is 0 Å². The van der Waals surface area contributed by atoms with Crippen molar-refractivity contribution in [1.82, 2.24) is 5.32 Å². The van der Waals surface area contributed by atoms with E-state index in [-0.39, 0.29) is 36.4 Å². The molecule has 1 heterocycles. The summed E-state index contributed by atoms with van der Waals surface area (Å²) in [6.45, 7) is 0.532. The van der Waals surface area contributed by atoms with E-state index in [1.807, 2.05) is 0 Å². The molecule has 1 aromatic carbocycles. The Labute approximate surface area is 151 Å². The second-order valence-corrected chi connectivity index (χ2v) is 6.04. The summed E-state index contributed by atoms with van der Waals surface area (Å²) in [5.41, 5.74) is 6.73. The van der Waals surface area contributed by atoms with Gasteiger partial charge in [-0.1, -0.05) is 6.08 Å². The predicted molar refractivity (Wildman–Crippen MR) is 96.7 cm³/mol. The number of nitrogen functional groups attached to an aromatic ring is 1. The Morgan fingerprint density at radius 3 is 2.65 bits per heavy atom. The smallest absolute Gasteiger partial charge is 0.303 e. The number of anilines is 1. The molecule has 0 unspecified atom stereocenters. The topological polar surface area (TPSA) is 137 Å². The maximum Gasteiger partial charge on any atom is 0.303 e. The minimum absolute atomic E-state index is 0.00482. The SMILES string of the molecule is N=C(N)c1ccc(N2CC[C@@H](CC(=O)NC=CCCC(=O)O)C2=O)cc1. The maximum absolute atomic E-state index is 12.5. The highest BCUT2D eigenvalue weighted by Gasteiger charge is 2.33. The number of hydrogen-bond donors (Lipinski definition) is 4. The number of amidine groups is 1. The second kappa shape index (κ2) is 8.80. The summed E-state index contributed by atoms with van der Waals surface area (Å²) < 4.78 is 0. The Morgan fingerprint density at radius 2 is 2.04 bits per heavy atom. The summed E-state index contributed by atoms with van der Waals surface area (Å²) >= 11 is 0. The average molecular weight is 358 g/mol. The minimum atomic E-state index is -0.894. The molecule has 0 spiro atoms. The fraction of sp³-hybridized carbons (Fsp3) is 0.333. The molecule has 8 heteroatoms. The van der Waals surface area contributed by atoms with Crippen molar-refractivity contribution in [1.29, 1.82) is 5.41 Å². The lowest BCUT2D eigenvalue weighted by Gasteiger charge is -2.17. The highest BCUT2D eigenvalue weighted by molar-refractivity contribution is 6.00. The van der Waals surface area contributed by atoms with Crippen molar-refractivity contribution >= 4 is 29.3 Å². The van der Waals surface area contributed by atoms with Gasteiger partial charge in [0.2, 0.25) is 11.8 Å². The minimum Gasteiger partial charge on any atom is -0.481 e. The first-order valence-electron chi connectivity index (χ1n) is 8.30. The van der Waals surface area contributed by atoms with E-state index in [0.717, 1.165) is 5.69 Å². The van der Waals surface area contributed by atoms with Gasteiger partial charge in [0, 0.05) is 36.6 Å². The van der Waals surface area contributed by atoms with Crippen molar-refractivity contribution in [3.63, 3.8) is 0 Å². The number of rotatable bonds is 8. The first-order chi connectivity index (χ1) is 12.4. The third-order valence-electron chi connectivity index (χ3n) is 4.13. The quantitative estimate of drug-likeness (QED) is 0.409. The molecule has 26 heavy (non-hydrogen) atoms. The van der Waals surface area contributed by atoms with Crippen LogP contribution < -0.4 is 16.0 Å². The van der Waals surface area contributed by atoms with Crippen LogP contribution in [0.1, 0.15) is 31.2 Å². The van der Waals surface area contributed by atoms with Crippen LogP contribution in [0.4, 0.5) is 5.69 Å². The molecule has 2 amide bonds. The number of carbonyl (C=O) groups excluding carboxylic acids is 2. The summed E-state index contributed by atoms with van der Waals surface area (Å²) in [5.74, 6) is -1.69. The van der Waals surface area contributed by atoms with E-state index in [1.54, 1.807) is 35.2 Å². The number of nitrogens with two attached hydrogens (primary N) is 1. The maximum atomic E-state index is 12.5. The first kappa shape index (κ1) is 19.2. The number of benzene rings is 1. The number of nitrogens with zero attached hydrogens (tertiary/aromatic N) is 1. The van der Waals surface area contributed by atoms with Gasteiger partial charge < -0.3 is 21.1 Å². The largest absolute Gasteiger partial charge is 0.481 e. The van der Waals surface area contributed by atoms with Crippen LogP contribution in [0, 0.1) is 11.3 Å². The lowest BCUT2D eigenvalue weighted by Crippen LogP contribution is -2.29. The van der Waals surface area contributed by atoms with Crippen molar-refractivity contribution in [2.45, 2.75) is 25.7 Å². The zero-order chi connectivity index (χ0) is 19.1. The first-order valence-corrected chi connectivity index (χ1v) is 8.30. The van der Waals surface area contributed by atoms with Crippen LogP contribution in [-0.2, 0) is 14.4 Å². The van der Waals surface area contributed by atoms with Gasteiger partial charge >= 0.3 is 5.97 Å². The molecule has 0 saturated carbocycles. The van der Waals surface area contributed by atoms with Crippen LogP contribution in [0.2, 0.25) is 0 Å². The Morgan fingerprint density at radius 1 is 1.35 bits per heavy atom. The van der Waals surface area contributed by atoms with Gasteiger partial charge in [-0.25, -0.2) is 0 Å². The van der Waals surface area contributed by atoms with Crippen molar-refractivity contribution in [2.24, 2.45) is 11.7 Å². The molecule has 1 atom stereocenters. The molecule has 1 saturated heterocycles. The third-order valence-corrected chi connectivity index (χ3v) is 4.13. The molecular weight excluding hydrogens is 336 g/mol. The second-order valence-electron chi connectivity index (χ2n) is 6.04. The lowest BCUT2D eigenvalue weighted by atomic mass is 10.0. The molecule has 1 fully saturated rings. The number of carboxylic acids is 1. The standard InChI is InChI=1S/C18H22N4O4/c19-17(20)12-4-6-14(7-5-12)22-10-8-13(18(22)26)11-15(23)21-9-2-1-3-16(24)25/h2,4-7,9,13H,1,3,8,10-11H2,(H3,19,20)(H,21,23)(H,24,25)/t13-/m0/s1. The molecule has 1 aliphatic heterocycles. The van der Waals surface area contributed by atoms with E-state index >= 15 is 0 Å². The van der Waals surface area contributed by atoms with Gasteiger partial charge in [-0.2, -0.15) is 0 Å². The molecule has 0 bridgehead atoms. The Kier molecular flexibility index (Phi) is 6.48. The van der Waals surface area contributed by atoms with E-state index < -0.39 is 5.97 Å². The van der Waals surface area contributed by atoms with Gasteiger partial charge in [-0.05, 0) is 43.3 Å². The van der Waals surface area contributed by atoms with Crippen molar-refractivity contribution in [3.05, 3.63) is 42.1 Å². The van der Waals surface area contributed by atoms with E-state index in [1.165, 1.54) is 6.20 Å². The average Bonchev–Trinajstić information content (AvgIpc) is 2.95. The van der Waals surface area contributed by atoms with E-state index in [0.29, 0.717) is 24.9 Å². The molecule has 8 nitrogen and oxygen atoms in total. The zero-order valence-corrected chi connectivity index (χ0v) is 14.3.